The number of nitrogens with zero attached hydrogens (tertiary/aromatic N) is 2. The second kappa shape index (κ2) is 4.55. The molecular weight excluding hydrogens is 245 g/mol. The van der Waals surface area contributed by atoms with Gasteiger partial charge in [0.15, 0.2) is 0 Å². The molecule has 1 heterocycles. The monoisotopic (exact) mass is 261 g/mol. The Morgan fingerprint density at radius 2 is 2.19 bits per heavy atom. The molecule has 1 aliphatic carbocycles. The van der Waals surface area contributed by atoms with Crippen LogP contribution < -0.4 is 5.32 Å². The van der Waals surface area contributed by atoms with Crippen LogP contribution in [0, 0.1) is 0 Å². The lowest BCUT2D eigenvalue weighted by molar-refractivity contribution is 0.522. The van der Waals surface area contributed by atoms with Crippen molar-refractivity contribution in [3.63, 3.8) is 0 Å². The second-order valence-electron chi connectivity index (χ2n) is 4.45. The lowest BCUT2D eigenvalue weighted by atomic mass is 10.2. The molecule has 1 aliphatic rings. The van der Waals surface area contributed by atoms with Crippen LogP contribution in [0.5, 0.6) is 0 Å². The zero-order valence-corrected chi connectivity index (χ0v) is 11.2. The van der Waals surface area contributed by atoms with Gasteiger partial charge in [0.2, 0.25) is 0 Å². The summed E-state index contributed by atoms with van der Waals surface area (Å²) in [5.74, 6) is 0.670. The third-order valence-corrected chi connectivity index (χ3v) is 4.19. The van der Waals surface area contributed by atoms with Gasteiger partial charge >= 0.3 is 0 Å². The summed E-state index contributed by atoms with van der Waals surface area (Å²) in [5, 5.41) is 8.66. The van der Waals surface area contributed by atoms with Gasteiger partial charge in [0.25, 0.3) is 0 Å². The van der Waals surface area contributed by atoms with E-state index in [0.29, 0.717) is 5.88 Å². The molecule has 3 nitrogen and oxygen atoms in total. The Balaban J connectivity index is 2.06. The van der Waals surface area contributed by atoms with Gasteiger partial charge in [-0.2, -0.15) is 5.10 Å². The summed E-state index contributed by atoms with van der Waals surface area (Å²) in [7, 11) is 1.93. The lowest BCUT2D eigenvalue weighted by Crippen LogP contribution is -2.33. The highest BCUT2D eigenvalue weighted by Gasteiger charge is 2.41. The van der Waals surface area contributed by atoms with Crippen molar-refractivity contribution in [2.45, 2.75) is 38.3 Å². The Labute approximate surface area is 106 Å². The van der Waals surface area contributed by atoms with E-state index in [2.05, 4.69) is 17.3 Å². The second-order valence-corrected chi connectivity index (χ2v) is 5.10. The highest BCUT2D eigenvalue weighted by Crippen LogP contribution is 2.37. The first kappa shape index (κ1) is 12.2. The summed E-state index contributed by atoms with van der Waals surface area (Å²) in [6.45, 7) is 2.81. The molecule has 16 heavy (non-hydrogen) atoms. The number of aromatic nitrogens is 2. The summed E-state index contributed by atoms with van der Waals surface area (Å²) < 4.78 is 1.86. The van der Waals surface area contributed by atoms with Crippen molar-refractivity contribution in [1.82, 2.24) is 15.1 Å². The largest absolute Gasteiger partial charge is 0.304 e. The molecule has 1 aromatic heterocycles. The van der Waals surface area contributed by atoms with Gasteiger partial charge < -0.3 is 5.32 Å². The van der Waals surface area contributed by atoms with Crippen LogP contribution in [-0.2, 0) is 20.0 Å². The highest BCUT2D eigenvalue weighted by atomic mass is 35.5. The van der Waals surface area contributed by atoms with Gasteiger partial charge in [-0.1, -0.05) is 18.5 Å². The normalized spacial score (nSPS) is 17.8. The molecule has 1 N–H and O–H groups in total. The van der Waals surface area contributed by atoms with Crippen LogP contribution >= 0.6 is 23.2 Å². The molecule has 0 aromatic carbocycles. The molecule has 0 spiro atoms. The van der Waals surface area contributed by atoms with Crippen molar-refractivity contribution in [2.75, 3.05) is 5.88 Å². The summed E-state index contributed by atoms with van der Waals surface area (Å²) in [6, 6.07) is 0. The van der Waals surface area contributed by atoms with Crippen molar-refractivity contribution in [3.8, 4) is 0 Å². The summed E-state index contributed by atoms with van der Waals surface area (Å²) in [5.41, 5.74) is 2.17. The van der Waals surface area contributed by atoms with Crippen LogP contribution in [0.2, 0.25) is 5.02 Å². The maximum atomic E-state index is 6.27. The van der Waals surface area contributed by atoms with Crippen molar-refractivity contribution >= 4 is 23.2 Å². The molecule has 1 fully saturated rings. The van der Waals surface area contributed by atoms with Gasteiger partial charge in [0.05, 0.1) is 16.4 Å². The van der Waals surface area contributed by atoms with Crippen LogP contribution in [0.4, 0.5) is 0 Å². The quantitative estimate of drug-likeness (QED) is 0.826. The van der Waals surface area contributed by atoms with Gasteiger partial charge in [-0.3, -0.25) is 4.68 Å². The molecule has 1 aromatic rings. The van der Waals surface area contributed by atoms with Crippen molar-refractivity contribution in [2.24, 2.45) is 7.05 Å². The third kappa shape index (κ3) is 2.22. The van der Waals surface area contributed by atoms with Crippen molar-refractivity contribution in [3.05, 3.63) is 16.4 Å². The Kier molecular flexibility index (Phi) is 3.48. The van der Waals surface area contributed by atoms with Crippen molar-refractivity contribution in [1.29, 1.82) is 0 Å². The van der Waals surface area contributed by atoms with Crippen LogP contribution in [0.3, 0.4) is 0 Å². The average Bonchev–Trinajstić information content (AvgIpc) is 3.01. The predicted octanol–water partition coefficient (Wildman–Crippen LogP) is 2.50. The van der Waals surface area contributed by atoms with Crippen molar-refractivity contribution < 1.29 is 0 Å². The smallest absolute Gasteiger partial charge is 0.0863 e. The topological polar surface area (TPSA) is 29.9 Å². The number of hydrogen-bond donors (Lipinski definition) is 1. The van der Waals surface area contributed by atoms with Crippen LogP contribution in [0.1, 0.15) is 31.2 Å². The van der Waals surface area contributed by atoms with Gasteiger partial charge in [0.1, 0.15) is 0 Å². The van der Waals surface area contributed by atoms with E-state index in [1.807, 2.05) is 11.7 Å². The fourth-order valence-electron chi connectivity index (χ4n) is 1.79. The SMILES string of the molecule is CCc1nn(C)c(CNC2(CCl)CC2)c1Cl. The Hall–Kier alpha value is -0.250. The van der Waals surface area contributed by atoms with E-state index in [-0.39, 0.29) is 5.54 Å². The first-order chi connectivity index (χ1) is 7.62. The lowest BCUT2D eigenvalue weighted by Gasteiger charge is -2.13. The maximum Gasteiger partial charge on any atom is 0.0863 e. The molecule has 0 amide bonds. The van der Waals surface area contributed by atoms with E-state index in [1.165, 1.54) is 0 Å². The summed E-state index contributed by atoms with van der Waals surface area (Å²) in [6.07, 6.45) is 3.19. The molecule has 1 saturated carbocycles. The molecule has 5 heteroatoms. The number of rotatable bonds is 5. The number of alkyl halides is 1. The minimum Gasteiger partial charge on any atom is -0.304 e. The molecular formula is C11H17Cl2N3. The molecule has 0 radical (unpaired) electrons. The third-order valence-electron chi connectivity index (χ3n) is 3.24. The standard InChI is InChI=1S/C11H17Cl2N3/c1-3-8-10(13)9(16(2)15-8)6-14-11(7-12)4-5-11/h14H,3-7H2,1-2H3. The molecule has 0 atom stereocenters. The molecule has 2 rings (SSSR count). The zero-order chi connectivity index (χ0) is 11.8. The minimum absolute atomic E-state index is 0.154. The van der Waals surface area contributed by atoms with E-state index in [1.54, 1.807) is 0 Å². The van der Waals surface area contributed by atoms with Crippen LogP contribution in [0.15, 0.2) is 0 Å². The van der Waals surface area contributed by atoms with Gasteiger partial charge in [-0.15, -0.1) is 11.6 Å². The van der Waals surface area contributed by atoms with E-state index in [4.69, 9.17) is 23.2 Å². The number of hydrogen-bond acceptors (Lipinski definition) is 2. The van der Waals surface area contributed by atoms with E-state index in [0.717, 1.165) is 42.2 Å². The summed E-state index contributed by atoms with van der Waals surface area (Å²) >= 11 is 12.2. The number of nitrogens with one attached hydrogen (secondary N) is 1. The van der Waals surface area contributed by atoms with E-state index < -0.39 is 0 Å². The molecule has 0 aliphatic heterocycles. The minimum atomic E-state index is 0.154. The first-order valence-electron chi connectivity index (χ1n) is 5.63. The Morgan fingerprint density at radius 3 is 2.62 bits per heavy atom. The predicted molar refractivity (Wildman–Crippen MR) is 67.1 cm³/mol. The molecule has 90 valence electrons. The average molecular weight is 262 g/mol. The number of halogens is 2. The van der Waals surface area contributed by atoms with Crippen LogP contribution in [0.25, 0.3) is 0 Å². The first-order valence-corrected chi connectivity index (χ1v) is 6.54. The number of aryl methyl sites for hydroxylation is 2. The van der Waals surface area contributed by atoms with E-state index >= 15 is 0 Å². The Morgan fingerprint density at radius 1 is 1.50 bits per heavy atom. The fourth-order valence-corrected chi connectivity index (χ4v) is 2.51. The van der Waals surface area contributed by atoms with Crippen LogP contribution in [-0.4, -0.2) is 21.2 Å². The molecule has 0 bridgehead atoms. The highest BCUT2D eigenvalue weighted by molar-refractivity contribution is 6.31. The van der Waals surface area contributed by atoms with E-state index in [9.17, 15) is 0 Å². The maximum absolute atomic E-state index is 6.27. The fraction of sp³-hybridized carbons (Fsp3) is 0.727. The summed E-state index contributed by atoms with van der Waals surface area (Å²) in [4.78, 5) is 0. The molecule has 0 unspecified atom stereocenters. The Bertz CT molecular complexity index is 383. The molecule has 0 saturated heterocycles. The van der Waals surface area contributed by atoms with Gasteiger partial charge in [0, 0.05) is 25.0 Å². The zero-order valence-electron chi connectivity index (χ0n) is 9.69. The van der Waals surface area contributed by atoms with Gasteiger partial charge in [-0.25, -0.2) is 0 Å². The van der Waals surface area contributed by atoms with Gasteiger partial charge in [-0.05, 0) is 19.3 Å².